The lowest BCUT2D eigenvalue weighted by Gasteiger charge is -2.08. The normalized spacial score (nSPS) is 11.7. The molecule has 0 aliphatic rings. The molecule has 1 aromatic carbocycles. The summed E-state index contributed by atoms with van der Waals surface area (Å²) < 4.78 is 9.29. The Morgan fingerprint density at radius 3 is 2.83 bits per heavy atom. The minimum atomic E-state index is -0.193. The van der Waals surface area contributed by atoms with Crippen LogP contribution < -0.4 is 5.56 Å². The summed E-state index contributed by atoms with van der Waals surface area (Å²) >= 11 is 8.86. The molecule has 0 saturated carbocycles. The van der Waals surface area contributed by atoms with Crippen LogP contribution in [0.3, 0.4) is 0 Å². The highest BCUT2D eigenvalue weighted by atomic mass is 127. The molecule has 0 saturated heterocycles. The van der Waals surface area contributed by atoms with Crippen LogP contribution in [0.25, 0.3) is 10.9 Å². The first-order valence-electron chi connectivity index (χ1n) is 7.20. The van der Waals surface area contributed by atoms with E-state index in [1.165, 1.54) is 10.9 Å². The van der Waals surface area contributed by atoms with E-state index in [1.807, 2.05) is 19.1 Å². The van der Waals surface area contributed by atoms with Crippen molar-refractivity contribution in [1.82, 2.24) is 9.66 Å². The van der Waals surface area contributed by atoms with E-state index in [-0.39, 0.29) is 5.56 Å². The highest BCUT2D eigenvalue weighted by Crippen LogP contribution is 2.22. The number of rotatable bonds is 4. The van der Waals surface area contributed by atoms with Crippen molar-refractivity contribution in [2.24, 2.45) is 5.10 Å². The van der Waals surface area contributed by atoms with E-state index in [1.54, 1.807) is 12.1 Å². The third-order valence-corrected chi connectivity index (χ3v) is 5.94. The Bertz CT molecular complexity index is 975. The zero-order valence-corrected chi connectivity index (χ0v) is 17.9. The third-order valence-electron chi connectivity index (χ3n) is 3.31. The molecule has 0 spiro atoms. The Labute approximate surface area is 168 Å². The SMILES string of the molecule is CCCc1nc2ccc(Br)cc2c(=O)n1N=Cc1cc(Br)c(I)o1. The van der Waals surface area contributed by atoms with Crippen LogP contribution >= 0.6 is 54.5 Å². The molecule has 0 bridgehead atoms. The van der Waals surface area contributed by atoms with Gasteiger partial charge in [0.15, 0.2) is 3.77 Å². The van der Waals surface area contributed by atoms with Gasteiger partial charge < -0.3 is 4.42 Å². The van der Waals surface area contributed by atoms with Crippen LogP contribution in [0, 0.1) is 3.77 Å². The molecular weight excluding hydrogens is 553 g/mol. The fraction of sp³-hybridized carbons (Fsp3) is 0.188. The van der Waals surface area contributed by atoms with Crippen LogP contribution in [-0.2, 0) is 6.42 Å². The Morgan fingerprint density at radius 1 is 1.38 bits per heavy atom. The van der Waals surface area contributed by atoms with Crippen LogP contribution in [0.5, 0.6) is 0 Å². The maximum absolute atomic E-state index is 12.8. The van der Waals surface area contributed by atoms with Crippen molar-refractivity contribution in [2.75, 3.05) is 0 Å². The smallest absolute Gasteiger partial charge is 0.282 e. The molecule has 24 heavy (non-hydrogen) atoms. The zero-order valence-electron chi connectivity index (χ0n) is 12.6. The summed E-state index contributed by atoms with van der Waals surface area (Å²) in [5, 5.41) is 4.84. The number of aryl methyl sites for hydroxylation is 1. The molecule has 0 aliphatic carbocycles. The minimum Gasteiger partial charge on any atom is -0.448 e. The Morgan fingerprint density at radius 2 is 2.17 bits per heavy atom. The summed E-state index contributed by atoms with van der Waals surface area (Å²) in [7, 11) is 0. The predicted molar refractivity (Wildman–Crippen MR) is 110 cm³/mol. The Kier molecular flexibility index (Phi) is 5.56. The molecule has 2 heterocycles. The fourth-order valence-corrected chi connectivity index (χ4v) is 3.32. The van der Waals surface area contributed by atoms with E-state index in [0.29, 0.717) is 28.9 Å². The third kappa shape index (κ3) is 3.65. The second-order valence-corrected chi connectivity index (χ2v) is 7.82. The van der Waals surface area contributed by atoms with E-state index in [4.69, 9.17) is 4.42 Å². The summed E-state index contributed by atoms with van der Waals surface area (Å²) in [4.78, 5) is 17.4. The largest absolute Gasteiger partial charge is 0.448 e. The van der Waals surface area contributed by atoms with Crippen molar-refractivity contribution in [3.8, 4) is 0 Å². The van der Waals surface area contributed by atoms with Crippen LogP contribution in [0.4, 0.5) is 0 Å². The van der Waals surface area contributed by atoms with Crippen LogP contribution in [0.1, 0.15) is 24.9 Å². The van der Waals surface area contributed by atoms with Gasteiger partial charge in [0.2, 0.25) is 0 Å². The monoisotopic (exact) mass is 563 g/mol. The molecule has 0 unspecified atom stereocenters. The van der Waals surface area contributed by atoms with Crippen LogP contribution in [0.15, 0.2) is 47.5 Å². The highest BCUT2D eigenvalue weighted by molar-refractivity contribution is 14.1. The van der Waals surface area contributed by atoms with Gasteiger partial charge in [0, 0.05) is 39.6 Å². The molecule has 3 aromatic rings. The summed E-state index contributed by atoms with van der Waals surface area (Å²) in [6.07, 6.45) is 3.06. The minimum absolute atomic E-state index is 0.193. The van der Waals surface area contributed by atoms with Gasteiger partial charge in [-0.1, -0.05) is 22.9 Å². The number of furan rings is 1. The summed E-state index contributed by atoms with van der Waals surface area (Å²) in [5.41, 5.74) is 0.481. The van der Waals surface area contributed by atoms with E-state index < -0.39 is 0 Å². The van der Waals surface area contributed by atoms with Crippen molar-refractivity contribution in [2.45, 2.75) is 19.8 Å². The first-order chi connectivity index (χ1) is 11.5. The van der Waals surface area contributed by atoms with Gasteiger partial charge in [-0.2, -0.15) is 9.78 Å². The number of hydrogen-bond acceptors (Lipinski definition) is 4. The molecule has 0 N–H and O–H groups in total. The van der Waals surface area contributed by atoms with E-state index in [2.05, 4.69) is 64.5 Å². The maximum atomic E-state index is 12.8. The quantitative estimate of drug-likeness (QED) is 0.333. The van der Waals surface area contributed by atoms with Crippen molar-refractivity contribution < 1.29 is 4.42 Å². The molecule has 0 amide bonds. The molecule has 8 heteroatoms. The fourth-order valence-electron chi connectivity index (χ4n) is 2.24. The van der Waals surface area contributed by atoms with Crippen molar-refractivity contribution in [1.29, 1.82) is 0 Å². The topological polar surface area (TPSA) is 60.4 Å². The molecule has 3 rings (SSSR count). The molecule has 0 aliphatic heterocycles. The van der Waals surface area contributed by atoms with Gasteiger partial charge in [-0.25, -0.2) is 4.98 Å². The Balaban J connectivity index is 2.15. The van der Waals surface area contributed by atoms with E-state index in [0.717, 1.165) is 19.1 Å². The highest BCUT2D eigenvalue weighted by Gasteiger charge is 2.11. The number of halogens is 3. The molecule has 124 valence electrons. The van der Waals surface area contributed by atoms with Gasteiger partial charge in [-0.05, 0) is 40.5 Å². The second kappa shape index (κ2) is 7.49. The van der Waals surface area contributed by atoms with Gasteiger partial charge in [-0.3, -0.25) is 4.79 Å². The van der Waals surface area contributed by atoms with Gasteiger partial charge >= 0.3 is 0 Å². The standard InChI is InChI=1S/C16H12Br2IN3O2/c1-2-3-14-21-13-5-4-9(17)6-11(13)16(23)22(14)20-8-10-7-12(18)15(19)24-10/h4-8H,2-3H2,1H3. The van der Waals surface area contributed by atoms with Crippen LogP contribution in [0.2, 0.25) is 0 Å². The lowest BCUT2D eigenvalue weighted by Crippen LogP contribution is -2.22. The zero-order chi connectivity index (χ0) is 17.3. The molecule has 5 nitrogen and oxygen atoms in total. The summed E-state index contributed by atoms with van der Waals surface area (Å²) in [6, 6.07) is 7.28. The van der Waals surface area contributed by atoms with Gasteiger partial charge in [0.1, 0.15) is 11.6 Å². The average Bonchev–Trinajstić information content (AvgIpc) is 2.86. The van der Waals surface area contributed by atoms with Crippen molar-refractivity contribution in [3.05, 3.63) is 58.9 Å². The van der Waals surface area contributed by atoms with Gasteiger partial charge in [-0.15, -0.1) is 0 Å². The van der Waals surface area contributed by atoms with Gasteiger partial charge in [0.05, 0.1) is 21.6 Å². The first-order valence-corrected chi connectivity index (χ1v) is 9.86. The number of fused-ring (bicyclic) bond motifs is 1. The Hall–Kier alpha value is -1.000. The summed E-state index contributed by atoms with van der Waals surface area (Å²) in [5.74, 6) is 1.20. The van der Waals surface area contributed by atoms with E-state index >= 15 is 0 Å². The van der Waals surface area contributed by atoms with Crippen molar-refractivity contribution in [3.63, 3.8) is 0 Å². The number of nitrogens with zero attached hydrogens (tertiary/aromatic N) is 3. The molecule has 0 fully saturated rings. The molecule has 2 aromatic heterocycles. The number of aromatic nitrogens is 2. The molecule has 0 radical (unpaired) electrons. The predicted octanol–water partition coefficient (Wildman–Crippen LogP) is 4.95. The molecular formula is C16H12Br2IN3O2. The van der Waals surface area contributed by atoms with Gasteiger partial charge in [0.25, 0.3) is 5.56 Å². The number of benzene rings is 1. The summed E-state index contributed by atoms with van der Waals surface area (Å²) in [6.45, 7) is 2.04. The van der Waals surface area contributed by atoms with Crippen LogP contribution in [-0.4, -0.2) is 15.9 Å². The first kappa shape index (κ1) is 17.8. The van der Waals surface area contributed by atoms with E-state index in [9.17, 15) is 4.79 Å². The maximum Gasteiger partial charge on any atom is 0.282 e. The lowest BCUT2D eigenvalue weighted by atomic mass is 10.2. The number of hydrogen-bond donors (Lipinski definition) is 0. The molecule has 0 atom stereocenters. The second-order valence-electron chi connectivity index (χ2n) is 5.07. The average molecular weight is 565 g/mol. The lowest BCUT2D eigenvalue weighted by molar-refractivity contribution is 0.528. The van der Waals surface area contributed by atoms with Crippen molar-refractivity contribution >= 4 is 71.6 Å².